The Balaban J connectivity index is 0.000000980. The smallest absolute Gasteiger partial charge is 0.379 e. The second-order valence-electron chi connectivity index (χ2n) is 3.41. The molecule has 2 aliphatic heterocycles. The van der Waals surface area contributed by atoms with Crippen molar-refractivity contribution in [3.05, 3.63) is 0 Å². The molecule has 1 radical (unpaired) electrons. The summed E-state index contributed by atoms with van der Waals surface area (Å²) < 4.78 is 15.7. The van der Waals surface area contributed by atoms with Crippen LogP contribution >= 0.6 is 0 Å². The van der Waals surface area contributed by atoms with E-state index >= 15 is 0 Å². The van der Waals surface area contributed by atoms with E-state index in [4.69, 9.17) is 9.47 Å². The van der Waals surface area contributed by atoms with E-state index in [1.165, 1.54) is 0 Å². The van der Waals surface area contributed by atoms with Gasteiger partial charge in [0.15, 0.2) is 0 Å². The molecule has 75 valence electrons. The molecule has 0 bridgehead atoms. The topological polar surface area (TPSA) is 24.9 Å². The second-order valence-corrected chi connectivity index (χ2v) is 5.10. The Hall–Kier alpha value is 0.372. The van der Waals surface area contributed by atoms with Crippen LogP contribution in [-0.2, 0) is 9.47 Å². The molecule has 0 spiro atoms. The van der Waals surface area contributed by atoms with Gasteiger partial charge in [-0.25, -0.2) is 0 Å². The Bertz CT molecular complexity index is 136. The van der Waals surface area contributed by atoms with Crippen molar-refractivity contribution in [2.45, 2.75) is 0 Å². The van der Waals surface area contributed by atoms with Crippen LogP contribution in [0.5, 0.6) is 0 Å². The zero-order chi connectivity index (χ0) is 8.93. The van der Waals surface area contributed by atoms with Gasteiger partial charge in [0, 0.05) is 27.6 Å². The van der Waals surface area contributed by atoms with Gasteiger partial charge in [-0.05, 0) is 0 Å². The van der Waals surface area contributed by atoms with Crippen molar-refractivity contribution in [1.29, 1.82) is 0 Å². The number of hydrogen-bond acceptors (Lipinski definition) is 4. The predicted octanol–water partition coefficient (Wildman–Crippen LogP) is -0.569. The normalized spacial score (nSPS) is 27.4. The van der Waals surface area contributed by atoms with Gasteiger partial charge in [-0.15, -0.1) is 0 Å². The first-order chi connectivity index (χ1) is 6.45. The van der Waals surface area contributed by atoms with Crippen LogP contribution in [0.3, 0.4) is 0 Å². The maximum atomic E-state index is 5.32. The fourth-order valence-electron chi connectivity index (χ4n) is 1.62. The number of morpholine rings is 2. The molecule has 2 aliphatic rings. The highest BCUT2D eigenvalue weighted by Gasteiger charge is 2.19. The number of ether oxygens (including phenoxy) is 2. The van der Waals surface area contributed by atoms with Crippen LogP contribution in [0.15, 0.2) is 0 Å². The summed E-state index contributed by atoms with van der Waals surface area (Å²) in [7, 11) is 0. The first-order valence-corrected chi connectivity index (χ1v) is 5.97. The van der Waals surface area contributed by atoms with Crippen LogP contribution in [0.2, 0.25) is 0 Å². The summed E-state index contributed by atoms with van der Waals surface area (Å²) in [5, 5.41) is 0. The van der Waals surface area contributed by atoms with Gasteiger partial charge in [-0.1, -0.05) is 0 Å². The van der Waals surface area contributed by atoms with E-state index in [2.05, 4.69) is 7.77 Å². The van der Waals surface area contributed by atoms with Crippen molar-refractivity contribution < 1.29 is 10.9 Å². The van der Waals surface area contributed by atoms with Gasteiger partial charge >= 0.3 is 15.7 Å². The Kier molecular flexibility index (Phi) is 4.04. The molecule has 0 aromatic carbocycles. The monoisotopic (exact) mass is 201 g/mol. The van der Waals surface area contributed by atoms with E-state index in [9.17, 15) is 0 Å². The third-order valence-corrected chi connectivity index (χ3v) is 4.10. The van der Waals surface area contributed by atoms with Crippen LogP contribution in [0, 0.1) is 0 Å². The molecule has 0 aliphatic carbocycles. The Morgan fingerprint density at radius 3 is 1.54 bits per heavy atom. The summed E-state index contributed by atoms with van der Waals surface area (Å²) in [6, 6.07) is 0. The lowest BCUT2D eigenvalue weighted by molar-refractivity contribution is 0.0531. The van der Waals surface area contributed by atoms with E-state index in [0.717, 1.165) is 52.6 Å². The van der Waals surface area contributed by atoms with Crippen LogP contribution in [-0.4, -0.2) is 76.0 Å². The van der Waals surface area contributed by atoms with Crippen LogP contribution in [0.4, 0.5) is 0 Å². The minimum absolute atomic E-state index is 0. The lowest BCUT2D eigenvalue weighted by atomic mass is 10.5. The van der Waals surface area contributed by atoms with Crippen molar-refractivity contribution in [3.63, 3.8) is 0 Å². The Morgan fingerprint density at radius 2 is 1.15 bits per heavy atom. The van der Waals surface area contributed by atoms with Crippen LogP contribution in [0.25, 0.3) is 0 Å². The largest absolute Gasteiger partial charge is 0.455 e. The van der Waals surface area contributed by atoms with E-state index in [1.54, 1.807) is 0 Å². The van der Waals surface area contributed by atoms with Crippen molar-refractivity contribution in [1.82, 2.24) is 7.77 Å². The SMILES string of the molecule is C1C[N]([Al][N]2CCOCC2)CCO1.[HH]. The molecule has 2 saturated heterocycles. The van der Waals surface area contributed by atoms with Crippen molar-refractivity contribution in [2.24, 2.45) is 0 Å². The van der Waals surface area contributed by atoms with Gasteiger partial charge in [-0.2, -0.15) is 0 Å². The highest BCUT2D eigenvalue weighted by atomic mass is 27.1. The zero-order valence-corrected chi connectivity index (χ0v) is 9.10. The molecule has 0 N–H and O–H groups in total. The summed E-state index contributed by atoms with van der Waals surface area (Å²) in [5.41, 5.74) is 0. The standard InChI is InChI=1S/2C4H8NO.Al.H2/c2*1-3-6-4-2-5-1;;/h2*1-4H2;;1H/q2*-1;+2;. The highest BCUT2D eigenvalue weighted by Crippen LogP contribution is 2.00. The average Bonchev–Trinajstić information content (AvgIpc) is 2.21. The van der Waals surface area contributed by atoms with Gasteiger partial charge in [0.2, 0.25) is 0 Å². The molecular formula is C8H18AlN2O2. The summed E-state index contributed by atoms with van der Waals surface area (Å²) >= 11 is 0.332. The molecule has 0 amide bonds. The lowest BCUT2D eigenvalue weighted by Crippen LogP contribution is -2.50. The molecule has 13 heavy (non-hydrogen) atoms. The quantitative estimate of drug-likeness (QED) is 0.559. The minimum atomic E-state index is 0. The van der Waals surface area contributed by atoms with Crippen LogP contribution < -0.4 is 0 Å². The van der Waals surface area contributed by atoms with E-state index in [-0.39, 0.29) is 1.43 Å². The predicted molar refractivity (Wildman–Crippen MR) is 52.7 cm³/mol. The minimum Gasteiger partial charge on any atom is -0.379 e. The highest BCUT2D eigenvalue weighted by molar-refractivity contribution is 6.28. The second kappa shape index (κ2) is 5.30. The molecule has 2 rings (SSSR count). The first-order valence-electron chi connectivity index (χ1n) is 4.94. The van der Waals surface area contributed by atoms with E-state index < -0.39 is 0 Å². The fourth-order valence-corrected chi connectivity index (χ4v) is 2.96. The van der Waals surface area contributed by atoms with E-state index in [1.807, 2.05) is 0 Å². The van der Waals surface area contributed by atoms with Gasteiger partial charge in [-0.3, -0.25) is 0 Å². The zero-order valence-electron chi connectivity index (χ0n) is 7.95. The summed E-state index contributed by atoms with van der Waals surface area (Å²) in [6.07, 6.45) is 0. The molecule has 0 atom stereocenters. The molecule has 2 heterocycles. The maximum absolute atomic E-state index is 5.32. The summed E-state index contributed by atoms with van der Waals surface area (Å²) in [5.74, 6) is 0. The maximum Gasteiger partial charge on any atom is 0.455 e. The molecule has 0 aromatic rings. The molecule has 4 nitrogen and oxygen atoms in total. The van der Waals surface area contributed by atoms with Crippen molar-refractivity contribution in [2.75, 3.05) is 52.6 Å². The number of nitrogens with zero attached hydrogens (tertiary/aromatic N) is 2. The average molecular weight is 201 g/mol. The van der Waals surface area contributed by atoms with Gasteiger partial charge in [0.05, 0.1) is 26.4 Å². The third-order valence-electron chi connectivity index (χ3n) is 2.42. The van der Waals surface area contributed by atoms with Crippen molar-refractivity contribution in [3.8, 4) is 0 Å². The van der Waals surface area contributed by atoms with Crippen LogP contribution in [0.1, 0.15) is 1.43 Å². The Morgan fingerprint density at radius 1 is 0.769 bits per heavy atom. The van der Waals surface area contributed by atoms with Gasteiger partial charge < -0.3 is 17.2 Å². The van der Waals surface area contributed by atoms with E-state index in [0.29, 0.717) is 15.7 Å². The fraction of sp³-hybridized carbons (Fsp3) is 1.00. The molecule has 0 aromatic heterocycles. The first kappa shape index (κ1) is 9.91. The molecule has 0 saturated carbocycles. The lowest BCUT2D eigenvalue weighted by Gasteiger charge is -2.33. The Labute approximate surface area is 87.4 Å². The molecule has 2 fully saturated rings. The summed E-state index contributed by atoms with van der Waals surface area (Å²) in [4.78, 5) is 0. The van der Waals surface area contributed by atoms with Gasteiger partial charge in [0.25, 0.3) is 0 Å². The molecule has 0 unspecified atom stereocenters. The third kappa shape index (κ3) is 3.21. The van der Waals surface area contributed by atoms with Gasteiger partial charge in [0.1, 0.15) is 0 Å². The molecule has 5 heteroatoms. The summed E-state index contributed by atoms with van der Waals surface area (Å²) in [6.45, 7) is 8.13. The number of rotatable bonds is 2. The number of hydrogen-bond donors (Lipinski definition) is 0. The molecular weight excluding hydrogens is 183 g/mol. The van der Waals surface area contributed by atoms with Crippen molar-refractivity contribution >= 4 is 15.7 Å².